The van der Waals surface area contributed by atoms with Crippen LogP contribution in [0.5, 0.6) is 0 Å². The SMILES string of the molecule is CCCn1nccc1C(CSc1cccc(F)c1)NN. The van der Waals surface area contributed by atoms with Gasteiger partial charge in [0.25, 0.3) is 0 Å². The number of nitrogens with two attached hydrogens (primary N) is 1. The number of hydrogen-bond donors (Lipinski definition) is 2. The van der Waals surface area contributed by atoms with Crippen LogP contribution in [-0.4, -0.2) is 15.5 Å². The lowest BCUT2D eigenvalue weighted by Gasteiger charge is -2.17. The molecule has 0 amide bonds. The molecule has 2 rings (SSSR count). The summed E-state index contributed by atoms with van der Waals surface area (Å²) >= 11 is 1.57. The Labute approximate surface area is 122 Å². The van der Waals surface area contributed by atoms with Crippen molar-refractivity contribution in [1.82, 2.24) is 15.2 Å². The Morgan fingerprint density at radius 3 is 3.00 bits per heavy atom. The lowest BCUT2D eigenvalue weighted by atomic mass is 10.2. The van der Waals surface area contributed by atoms with Crippen molar-refractivity contribution < 1.29 is 4.39 Å². The molecule has 20 heavy (non-hydrogen) atoms. The summed E-state index contributed by atoms with van der Waals surface area (Å²) in [5.74, 6) is 6.14. The van der Waals surface area contributed by atoms with Crippen molar-refractivity contribution in [1.29, 1.82) is 0 Å². The fourth-order valence-corrected chi connectivity index (χ4v) is 2.99. The smallest absolute Gasteiger partial charge is 0.124 e. The first-order chi connectivity index (χ1) is 9.74. The highest BCUT2D eigenvalue weighted by molar-refractivity contribution is 7.99. The van der Waals surface area contributed by atoms with E-state index in [9.17, 15) is 4.39 Å². The van der Waals surface area contributed by atoms with Gasteiger partial charge in [0.05, 0.1) is 11.7 Å². The van der Waals surface area contributed by atoms with Crippen molar-refractivity contribution in [2.75, 3.05) is 5.75 Å². The maximum absolute atomic E-state index is 13.1. The molecule has 6 heteroatoms. The Kier molecular flexibility index (Phi) is 5.58. The molecule has 0 aliphatic heterocycles. The Morgan fingerprint density at radius 2 is 2.30 bits per heavy atom. The monoisotopic (exact) mass is 294 g/mol. The average Bonchev–Trinajstić information content (AvgIpc) is 2.89. The topological polar surface area (TPSA) is 55.9 Å². The van der Waals surface area contributed by atoms with Gasteiger partial charge in [0, 0.05) is 23.4 Å². The molecule has 1 unspecified atom stereocenters. The molecule has 4 nitrogen and oxygen atoms in total. The maximum Gasteiger partial charge on any atom is 0.124 e. The largest absolute Gasteiger partial charge is 0.271 e. The van der Waals surface area contributed by atoms with E-state index < -0.39 is 0 Å². The molecule has 1 heterocycles. The quantitative estimate of drug-likeness (QED) is 0.468. The van der Waals surface area contributed by atoms with Gasteiger partial charge in [-0.15, -0.1) is 11.8 Å². The van der Waals surface area contributed by atoms with Gasteiger partial charge in [-0.25, -0.2) is 4.39 Å². The van der Waals surface area contributed by atoms with Crippen LogP contribution in [0.4, 0.5) is 4.39 Å². The van der Waals surface area contributed by atoms with Gasteiger partial charge in [-0.1, -0.05) is 13.0 Å². The lowest BCUT2D eigenvalue weighted by molar-refractivity contribution is 0.508. The Morgan fingerprint density at radius 1 is 1.45 bits per heavy atom. The highest BCUT2D eigenvalue weighted by Gasteiger charge is 2.15. The molecule has 0 spiro atoms. The molecule has 2 aromatic rings. The van der Waals surface area contributed by atoms with E-state index in [1.807, 2.05) is 16.8 Å². The van der Waals surface area contributed by atoms with Crippen LogP contribution in [0.25, 0.3) is 0 Å². The molecule has 108 valence electrons. The normalized spacial score (nSPS) is 12.6. The first kappa shape index (κ1) is 15.0. The van der Waals surface area contributed by atoms with Gasteiger partial charge in [-0.3, -0.25) is 16.0 Å². The van der Waals surface area contributed by atoms with Gasteiger partial charge >= 0.3 is 0 Å². The predicted octanol–water partition coefficient (Wildman–Crippen LogP) is 2.73. The van der Waals surface area contributed by atoms with Crippen LogP contribution in [0.15, 0.2) is 41.4 Å². The first-order valence-electron chi connectivity index (χ1n) is 6.60. The summed E-state index contributed by atoms with van der Waals surface area (Å²) in [5, 5.41) is 4.30. The molecule has 0 saturated heterocycles. The van der Waals surface area contributed by atoms with Crippen molar-refractivity contribution in [3.05, 3.63) is 48.0 Å². The number of aromatic nitrogens is 2. The lowest BCUT2D eigenvalue weighted by Crippen LogP contribution is -2.31. The second-order valence-corrected chi connectivity index (χ2v) is 5.56. The molecule has 0 aliphatic rings. The fraction of sp³-hybridized carbons (Fsp3) is 0.357. The molecule has 3 N–H and O–H groups in total. The van der Waals surface area contributed by atoms with Crippen LogP contribution < -0.4 is 11.3 Å². The van der Waals surface area contributed by atoms with Crippen LogP contribution >= 0.6 is 11.8 Å². The number of hydrazine groups is 1. The predicted molar refractivity (Wildman–Crippen MR) is 79.7 cm³/mol. The number of thioether (sulfide) groups is 1. The molecule has 1 aromatic heterocycles. The van der Waals surface area contributed by atoms with E-state index in [4.69, 9.17) is 5.84 Å². The van der Waals surface area contributed by atoms with E-state index in [1.165, 1.54) is 12.1 Å². The molecular formula is C14H19FN4S. The molecule has 1 atom stereocenters. The maximum atomic E-state index is 13.1. The van der Waals surface area contributed by atoms with Crippen molar-refractivity contribution in [3.63, 3.8) is 0 Å². The molecular weight excluding hydrogens is 275 g/mol. The van der Waals surface area contributed by atoms with E-state index in [-0.39, 0.29) is 11.9 Å². The van der Waals surface area contributed by atoms with Crippen LogP contribution in [-0.2, 0) is 6.54 Å². The summed E-state index contributed by atoms with van der Waals surface area (Å²) in [6.45, 7) is 2.98. The number of rotatable bonds is 7. The first-order valence-corrected chi connectivity index (χ1v) is 7.59. The number of benzene rings is 1. The molecule has 0 bridgehead atoms. The minimum atomic E-state index is -0.219. The summed E-state index contributed by atoms with van der Waals surface area (Å²) < 4.78 is 15.1. The van der Waals surface area contributed by atoms with Gasteiger partial charge < -0.3 is 0 Å². The van der Waals surface area contributed by atoms with E-state index in [0.29, 0.717) is 0 Å². The van der Waals surface area contributed by atoms with Crippen molar-refractivity contribution in [2.45, 2.75) is 30.8 Å². The second kappa shape index (κ2) is 7.42. The van der Waals surface area contributed by atoms with Crippen LogP contribution in [0.1, 0.15) is 25.1 Å². The van der Waals surface area contributed by atoms with E-state index in [1.54, 1.807) is 24.0 Å². The number of nitrogens with zero attached hydrogens (tertiary/aromatic N) is 2. The van der Waals surface area contributed by atoms with Crippen LogP contribution in [0.3, 0.4) is 0 Å². The van der Waals surface area contributed by atoms with E-state index in [2.05, 4.69) is 17.4 Å². The third kappa shape index (κ3) is 3.82. The summed E-state index contributed by atoms with van der Waals surface area (Å²) in [6, 6.07) is 8.53. The van der Waals surface area contributed by atoms with Gasteiger partial charge in [-0.2, -0.15) is 5.10 Å². The Bertz CT molecular complexity index is 543. The highest BCUT2D eigenvalue weighted by atomic mass is 32.2. The Hall–Kier alpha value is -1.37. The summed E-state index contributed by atoms with van der Waals surface area (Å²) in [4.78, 5) is 0.895. The van der Waals surface area contributed by atoms with Crippen molar-refractivity contribution >= 4 is 11.8 Å². The molecule has 0 saturated carbocycles. The third-order valence-corrected chi connectivity index (χ3v) is 4.04. The zero-order valence-electron chi connectivity index (χ0n) is 11.4. The third-order valence-electron chi connectivity index (χ3n) is 2.96. The number of hydrogen-bond acceptors (Lipinski definition) is 4. The number of nitrogens with one attached hydrogen (secondary N) is 1. The van der Waals surface area contributed by atoms with E-state index in [0.717, 1.165) is 29.3 Å². The zero-order valence-corrected chi connectivity index (χ0v) is 12.2. The van der Waals surface area contributed by atoms with Crippen LogP contribution in [0, 0.1) is 5.82 Å². The Balaban J connectivity index is 2.03. The van der Waals surface area contributed by atoms with E-state index >= 15 is 0 Å². The minimum absolute atomic E-state index is 0.0164. The van der Waals surface area contributed by atoms with Crippen molar-refractivity contribution in [3.8, 4) is 0 Å². The molecule has 0 aliphatic carbocycles. The minimum Gasteiger partial charge on any atom is -0.271 e. The van der Waals surface area contributed by atoms with Crippen molar-refractivity contribution in [2.24, 2.45) is 5.84 Å². The fourth-order valence-electron chi connectivity index (χ4n) is 1.99. The zero-order chi connectivity index (χ0) is 14.4. The number of halogens is 1. The van der Waals surface area contributed by atoms with Gasteiger partial charge in [-0.05, 0) is 30.7 Å². The summed E-state index contributed by atoms with van der Waals surface area (Å²) in [6.07, 6.45) is 2.80. The standard InChI is InChI=1S/C14H19FN4S/c1-2-8-19-14(6-7-17-19)13(18-16)10-20-12-5-3-4-11(15)9-12/h3-7,9,13,18H,2,8,10,16H2,1H3. The molecule has 1 aromatic carbocycles. The van der Waals surface area contributed by atoms with Crippen LogP contribution in [0.2, 0.25) is 0 Å². The summed E-state index contributed by atoms with van der Waals surface area (Å²) in [7, 11) is 0. The molecule has 0 radical (unpaired) electrons. The number of aryl methyl sites for hydroxylation is 1. The van der Waals surface area contributed by atoms with Gasteiger partial charge in [0.2, 0.25) is 0 Å². The molecule has 0 fully saturated rings. The second-order valence-electron chi connectivity index (χ2n) is 4.47. The highest BCUT2D eigenvalue weighted by Crippen LogP contribution is 2.24. The van der Waals surface area contributed by atoms with Gasteiger partial charge in [0.15, 0.2) is 0 Å². The summed E-state index contributed by atoms with van der Waals surface area (Å²) in [5.41, 5.74) is 3.87. The van der Waals surface area contributed by atoms with Gasteiger partial charge in [0.1, 0.15) is 5.82 Å². The average molecular weight is 294 g/mol.